The summed E-state index contributed by atoms with van der Waals surface area (Å²) in [5.74, 6) is 2.49. The van der Waals surface area contributed by atoms with Crippen molar-refractivity contribution in [2.24, 2.45) is 5.92 Å². The molecule has 26 heavy (non-hydrogen) atoms. The lowest BCUT2D eigenvalue weighted by Crippen LogP contribution is -2.35. The van der Waals surface area contributed by atoms with Crippen LogP contribution in [-0.2, 0) is 12.8 Å². The minimum atomic E-state index is 0.342. The molecule has 0 atom stereocenters. The number of rotatable bonds is 5. The van der Waals surface area contributed by atoms with E-state index in [9.17, 15) is 0 Å². The Morgan fingerprint density at radius 3 is 2.69 bits per heavy atom. The molecule has 0 amide bonds. The molecule has 2 heterocycles. The van der Waals surface area contributed by atoms with E-state index < -0.39 is 0 Å². The molecule has 0 bridgehead atoms. The highest BCUT2D eigenvalue weighted by molar-refractivity contribution is 9.10. The average molecular weight is 437 g/mol. The standard InChI is InChI=1S/C21H23BrClNO2/c22-19-3-2-18(23)13-17(19)11-16-6-9-24(10-7-16)8-5-15-1-4-20-21(12-15)26-14-25-20/h1-4,12-13,16H,5-11,14H2. The highest BCUT2D eigenvalue weighted by atomic mass is 79.9. The second kappa shape index (κ2) is 8.20. The molecule has 0 saturated carbocycles. The quantitative estimate of drug-likeness (QED) is 0.632. The predicted octanol–water partition coefficient (Wildman–Crippen LogP) is 5.33. The molecule has 0 spiro atoms. The van der Waals surface area contributed by atoms with Crippen LogP contribution < -0.4 is 9.47 Å². The van der Waals surface area contributed by atoms with Gasteiger partial charge in [0.15, 0.2) is 11.5 Å². The summed E-state index contributed by atoms with van der Waals surface area (Å²) in [6.07, 6.45) is 4.67. The first-order valence-electron chi connectivity index (χ1n) is 9.22. The molecule has 0 aliphatic carbocycles. The van der Waals surface area contributed by atoms with Crippen LogP contribution in [0.1, 0.15) is 24.0 Å². The molecule has 2 aromatic rings. The van der Waals surface area contributed by atoms with Crippen LogP contribution in [0.2, 0.25) is 5.02 Å². The van der Waals surface area contributed by atoms with Crippen LogP contribution >= 0.6 is 27.5 Å². The van der Waals surface area contributed by atoms with Crippen LogP contribution in [0.4, 0.5) is 0 Å². The molecule has 138 valence electrons. The van der Waals surface area contributed by atoms with Crippen molar-refractivity contribution in [2.75, 3.05) is 26.4 Å². The first kappa shape index (κ1) is 18.1. The Hall–Kier alpha value is -1.23. The fourth-order valence-corrected chi connectivity index (χ4v) is 4.41. The molecule has 2 aliphatic heterocycles. The Labute approximate surface area is 168 Å². The van der Waals surface area contributed by atoms with E-state index in [0.717, 1.165) is 41.8 Å². The molecular formula is C21H23BrClNO2. The SMILES string of the molecule is Clc1ccc(Br)c(CC2CCN(CCc3ccc4c(c3)OCO4)CC2)c1. The lowest BCUT2D eigenvalue weighted by atomic mass is 9.90. The van der Waals surface area contributed by atoms with Crippen molar-refractivity contribution >= 4 is 27.5 Å². The molecule has 2 aromatic carbocycles. The van der Waals surface area contributed by atoms with Crippen molar-refractivity contribution in [3.63, 3.8) is 0 Å². The normalized spacial score (nSPS) is 17.6. The molecule has 0 aromatic heterocycles. The van der Waals surface area contributed by atoms with Gasteiger partial charge in [-0.2, -0.15) is 0 Å². The van der Waals surface area contributed by atoms with Gasteiger partial charge in [0.1, 0.15) is 0 Å². The number of halogens is 2. The van der Waals surface area contributed by atoms with E-state index in [0.29, 0.717) is 6.79 Å². The summed E-state index contributed by atoms with van der Waals surface area (Å²) >= 11 is 9.80. The maximum absolute atomic E-state index is 6.15. The smallest absolute Gasteiger partial charge is 0.231 e. The van der Waals surface area contributed by atoms with E-state index in [-0.39, 0.29) is 0 Å². The number of hydrogen-bond acceptors (Lipinski definition) is 3. The van der Waals surface area contributed by atoms with Gasteiger partial charge in [0.25, 0.3) is 0 Å². The first-order valence-corrected chi connectivity index (χ1v) is 10.4. The van der Waals surface area contributed by atoms with Crippen LogP contribution in [-0.4, -0.2) is 31.3 Å². The number of ether oxygens (including phenoxy) is 2. The minimum absolute atomic E-state index is 0.342. The summed E-state index contributed by atoms with van der Waals surface area (Å²) in [5.41, 5.74) is 2.65. The molecule has 2 aliphatic rings. The van der Waals surface area contributed by atoms with Crippen LogP contribution in [0.3, 0.4) is 0 Å². The average Bonchev–Trinajstić information content (AvgIpc) is 3.12. The summed E-state index contributed by atoms with van der Waals surface area (Å²) in [4.78, 5) is 2.58. The molecule has 4 rings (SSSR count). The number of fused-ring (bicyclic) bond motifs is 1. The fourth-order valence-electron chi connectivity index (χ4n) is 3.81. The molecule has 1 fully saturated rings. The zero-order valence-corrected chi connectivity index (χ0v) is 17.1. The van der Waals surface area contributed by atoms with Crippen LogP contribution in [0.15, 0.2) is 40.9 Å². The maximum atomic E-state index is 6.15. The van der Waals surface area contributed by atoms with Crippen molar-refractivity contribution in [3.8, 4) is 11.5 Å². The summed E-state index contributed by atoms with van der Waals surface area (Å²) in [7, 11) is 0. The Balaban J connectivity index is 1.25. The monoisotopic (exact) mass is 435 g/mol. The Morgan fingerprint density at radius 2 is 1.85 bits per heavy atom. The van der Waals surface area contributed by atoms with Gasteiger partial charge < -0.3 is 14.4 Å². The third kappa shape index (κ3) is 4.36. The second-order valence-electron chi connectivity index (χ2n) is 7.16. The molecular weight excluding hydrogens is 414 g/mol. The number of benzene rings is 2. The van der Waals surface area contributed by atoms with Gasteiger partial charge in [-0.15, -0.1) is 0 Å². The van der Waals surface area contributed by atoms with E-state index in [1.165, 1.54) is 41.5 Å². The van der Waals surface area contributed by atoms with Crippen molar-refractivity contribution < 1.29 is 9.47 Å². The highest BCUT2D eigenvalue weighted by Crippen LogP contribution is 2.33. The third-order valence-electron chi connectivity index (χ3n) is 5.38. The van der Waals surface area contributed by atoms with Crippen LogP contribution in [0.25, 0.3) is 0 Å². The Kier molecular flexibility index (Phi) is 5.72. The zero-order chi connectivity index (χ0) is 17.9. The van der Waals surface area contributed by atoms with Crippen molar-refractivity contribution in [1.82, 2.24) is 4.90 Å². The lowest BCUT2D eigenvalue weighted by Gasteiger charge is -2.32. The number of nitrogens with zero attached hydrogens (tertiary/aromatic N) is 1. The van der Waals surface area contributed by atoms with Gasteiger partial charge in [-0.3, -0.25) is 0 Å². The van der Waals surface area contributed by atoms with Crippen LogP contribution in [0.5, 0.6) is 11.5 Å². The Bertz CT molecular complexity index is 775. The number of piperidine rings is 1. The maximum Gasteiger partial charge on any atom is 0.231 e. The summed E-state index contributed by atoms with van der Waals surface area (Å²) in [6.45, 7) is 3.79. The highest BCUT2D eigenvalue weighted by Gasteiger charge is 2.20. The van der Waals surface area contributed by atoms with Crippen molar-refractivity contribution in [2.45, 2.75) is 25.7 Å². The third-order valence-corrected chi connectivity index (χ3v) is 6.39. The van der Waals surface area contributed by atoms with E-state index in [4.69, 9.17) is 21.1 Å². The second-order valence-corrected chi connectivity index (χ2v) is 8.45. The largest absolute Gasteiger partial charge is 0.454 e. The summed E-state index contributed by atoms with van der Waals surface area (Å²) in [6, 6.07) is 12.4. The molecule has 3 nitrogen and oxygen atoms in total. The Morgan fingerprint density at radius 1 is 1.04 bits per heavy atom. The van der Waals surface area contributed by atoms with Gasteiger partial charge in [-0.1, -0.05) is 33.6 Å². The molecule has 0 radical (unpaired) electrons. The van der Waals surface area contributed by atoms with Gasteiger partial charge in [0.2, 0.25) is 6.79 Å². The number of likely N-dealkylation sites (tertiary alicyclic amines) is 1. The summed E-state index contributed by atoms with van der Waals surface area (Å²) in [5, 5.41) is 0.823. The predicted molar refractivity (Wildman–Crippen MR) is 108 cm³/mol. The molecule has 0 unspecified atom stereocenters. The van der Waals surface area contributed by atoms with Gasteiger partial charge in [0, 0.05) is 16.0 Å². The zero-order valence-electron chi connectivity index (χ0n) is 14.7. The molecule has 5 heteroatoms. The van der Waals surface area contributed by atoms with E-state index >= 15 is 0 Å². The molecule has 1 saturated heterocycles. The van der Waals surface area contributed by atoms with E-state index in [1.54, 1.807) is 0 Å². The van der Waals surface area contributed by atoms with Gasteiger partial charge >= 0.3 is 0 Å². The fraction of sp³-hybridized carbons (Fsp3) is 0.429. The molecule has 0 N–H and O–H groups in total. The van der Waals surface area contributed by atoms with E-state index in [1.807, 2.05) is 12.1 Å². The lowest BCUT2D eigenvalue weighted by molar-refractivity contribution is 0.174. The van der Waals surface area contributed by atoms with Gasteiger partial charge in [0.05, 0.1) is 0 Å². The topological polar surface area (TPSA) is 21.7 Å². The van der Waals surface area contributed by atoms with Gasteiger partial charge in [-0.05, 0) is 86.1 Å². The summed E-state index contributed by atoms with van der Waals surface area (Å²) < 4.78 is 12.0. The van der Waals surface area contributed by atoms with Gasteiger partial charge in [-0.25, -0.2) is 0 Å². The van der Waals surface area contributed by atoms with Crippen LogP contribution in [0, 0.1) is 5.92 Å². The first-order chi connectivity index (χ1) is 12.7. The van der Waals surface area contributed by atoms with Crippen molar-refractivity contribution in [1.29, 1.82) is 0 Å². The number of hydrogen-bond donors (Lipinski definition) is 0. The van der Waals surface area contributed by atoms with E-state index in [2.05, 4.69) is 45.1 Å². The van der Waals surface area contributed by atoms with Crippen molar-refractivity contribution in [3.05, 3.63) is 57.0 Å². The minimum Gasteiger partial charge on any atom is -0.454 e.